The van der Waals surface area contributed by atoms with Crippen LogP contribution in [0.5, 0.6) is 11.5 Å². The number of aliphatic hydroxyl groups excluding tert-OH is 4. The summed E-state index contributed by atoms with van der Waals surface area (Å²) in [4.78, 5) is 27.1. The van der Waals surface area contributed by atoms with Crippen molar-refractivity contribution in [1.82, 2.24) is 29.9 Å². The number of ether oxygens (including phenoxy) is 8. The number of hydrogen-bond acceptors (Lipinski definition) is 28. The Labute approximate surface area is 469 Å². The van der Waals surface area contributed by atoms with E-state index in [1.807, 2.05) is 0 Å². The van der Waals surface area contributed by atoms with Crippen LogP contribution in [0, 0.1) is 0 Å². The van der Waals surface area contributed by atoms with Crippen molar-refractivity contribution in [3.63, 3.8) is 0 Å². The van der Waals surface area contributed by atoms with Gasteiger partial charge in [0.05, 0.1) is 106 Å². The second-order valence-electron chi connectivity index (χ2n) is 16.2. The molecule has 0 radical (unpaired) electrons. The third-order valence-corrected chi connectivity index (χ3v) is 10.6. The molecule has 0 fully saturated rings. The van der Waals surface area contributed by atoms with Crippen LogP contribution in [0.2, 0.25) is 0 Å². The first kappa shape index (κ1) is 66.8. The molecule has 448 valence electrons. The van der Waals surface area contributed by atoms with Crippen molar-refractivity contribution in [3.8, 4) is 11.5 Å². The molecule has 4 aromatic rings. The van der Waals surface area contributed by atoms with E-state index in [1.165, 1.54) is 12.1 Å². The maximum Gasteiger partial charge on any atom is 0.357 e. The van der Waals surface area contributed by atoms with Crippen LogP contribution in [-0.4, -0.2) is 226 Å². The lowest BCUT2D eigenvalue weighted by Crippen LogP contribution is -2.15. The van der Waals surface area contributed by atoms with Gasteiger partial charge in [0.25, 0.3) is 0 Å². The van der Waals surface area contributed by atoms with Gasteiger partial charge in [-0.1, -0.05) is 12.2 Å². The van der Waals surface area contributed by atoms with E-state index in [-0.39, 0.29) is 100 Å². The molecule has 80 heavy (non-hydrogen) atoms. The van der Waals surface area contributed by atoms with E-state index in [2.05, 4.69) is 61.8 Å². The molecule has 4 rings (SSSR count). The van der Waals surface area contributed by atoms with Crippen LogP contribution in [0.15, 0.2) is 36.4 Å². The van der Waals surface area contributed by atoms with E-state index in [4.69, 9.17) is 66.7 Å². The molecule has 0 aliphatic rings. The van der Waals surface area contributed by atoms with Gasteiger partial charge in [0.1, 0.15) is 0 Å². The summed E-state index contributed by atoms with van der Waals surface area (Å²) in [5.41, 5.74) is 1.43. The van der Waals surface area contributed by atoms with Crippen LogP contribution in [0.3, 0.4) is 0 Å². The van der Waals surface area contributed by atoms with Gasteiger partial charge in [-0.2, -0.15) is 38.3 Å². The molecule has 12 N–H and O–H groups in total. The predicted molar refractivity (Wildman–Crippen MR) is 298 cm³/mol. The largest absolute Gasteiger partial charge is 0.394 e. The Balaban J connectivity index is 1.49. The third-order valence-electron chi connectivity index (χ3n) is 10.00. The average Bonchev–Trinajstić information content (AvgIpc) is 3.44. The molecule has 2 aromatic heterocycles. The molecule has 0 spiro atoms. The fourth-order valence-electron chi connectivity index (χ4n) is 6.46. The van der Waals surface area contributed by atoms with Crippen molar-refractivity contribution in [3.05, 3.63) is 47.5 Å². The average molecular weight is 1170 g/mol. The SMILES string of the molecule is O=S(O)Oc1cc(Nc2nc(NCCCOCCOCCO)nc(NCCCOCCOCCO)n2)ccc1/C=C/c1ccc(Nc2nc(NCCCOCCOCCO)nc(NCCCOCCOCCO)n2)cc1OS(=O)O. The minimum Gasteiger partial charge on any atom is -0.394 e. The number of benzene rings is 2. The first-order valence-corrected chi connectivity index (χ1v) is 27.9. The minimum absolute atomic E-state index is 0.0238. The summed E-state index contributed by atoms with van der Waals surface area (Å²) >= 11 is -5.49. The van der Waals surface area contributed by atoms with Gasteiger partial charge in [-0.15, -0.1) is 0 Å². The summed E-state index contributed by atoms with van der Waals surface area (Å²) in [7, 11) is 0. The number of aliphatic hydroxyl groups is 4. The number of hydrogen-bond donors (Lipinski definition) is 12. The van der Waals surface area contributed by atoms with Crippen LogP contribution >= 0.6 is 0 Å². The summed E-state index contributed by atoms with van der Waals surface area (Å²) in [5, 5.41) is 54.3. The molecule has 2 aromatic carbocycles. The lowest BCUT2D eigenvalue weighted by Gasteiger charge is -2.13. The van der Waals surface area contributed by atoms with Gasteiger partial charge in [-0.05, 0) is 49.9 Å². The zero-order valence-corrected chi connectivity index (χ0v) is 46.1. The van der Waals surface area contributed by atoms with Crippen molar-refractivity contribution in [2.45, 2.75) is 25.7 Å². The summed E-state index contributed by atoms with van der Waals surface area (Å²) in [5.74, 6) is 1.21. The van der Waals surface area contributed by atoms with E-state index in [0.29, 0.717) is 154 Å². The van der Waals surface area contributed by atoms with E-state index in [1.54, 1.807) is 36.4 Å². The van der Waals surface area contributed by atoms with Crippen LogP contribution in [0.4, 0.5) is 47.1 Å². The van der Waals surface area contributed by atoms with E-state index in [9.17, 15) is 17.5 Å². The summed E-state index contributed by atoms with van der Waals surface area (Å²) in [6, 6.07) is 9.46. The van der Waals surface area contributed by atoms with Crippen LogP contribution in [-0.2, 0) is 60.6 Å². The van der Waals surface area contributed by atoms with Gasteiger partial charge in [-0.3, -0.25) is 9.11 Å². The Bertz CT molecular complexity index is 2140. The lowest BCUT2D eigenvalue weighted by atomic mass is 10.1. The summed E-state index contributed by atoms with van der Waals surface area (Å²) < 4.78 is 97.6. The molecule has 2 unspecified atom stereocenters. The molecular formula is C48H76N12O18S2. The number of aromatic nitrogens is 6. The van der Waals surface area contributed by atoms with Crippen molar-refractivity contribution in [2.75, 3.05) is 190 Å². The maximum atomic E-state index is 12.1. The minimum atomic E-state index is -2.75. The standard InChI is InChI=1S/C48H76N12O18S2/c61-15-23-73-31-27-69-19-1-11-49-43-55-44(50-12-2-20-70-28-32-74-24-16-62)58-47(57-43)53-39-9-7-37(41(35-39)77-79(65)66)5-6-38-8-10-40(36-42(38)78-80(67)68)54-48-59-45(51-13-3-21-71-29-33-75-25-17-63)56-46(60-48)52-14-4-22-72-30-34-76-26-18-64/h5-10,35-36,61-64H,1-4,11-34H2,(H,65,66)(H,67,68)(H3,49,50,53,55,57,58)(H3,51,52,54,56,59,60)/b6-5+. The third kappa shape index (κ3) is 30.8. The van der Waals surface area contributed by atoms with Crippen LogP contribution < -0.4 is 40.3 Å². The smallest absolute Gasteiger partial charge is 0.357 e. The molecule has 0 saturated carbocycles. The Kier molecular flexibility index (Phi) is 36.0. The fourth-order valence-corrected chi connectivity index (χ4v) is 7.05. The van der Waals surface area contributed by atoms with E-state index >= 15 is 0 Å². The first-order valence-electron chi connectivity index (χ1n) is 25.8. The Hall–Kier alpha value is -5.66. The Morgan fingerprint density at radius 1 is 0.375 bits per heavy atom. The van der Waals surface area contributed by atoms with Gasteiger partial charge in [-0.25, -0.2) is 0 Å². The first-order chi connectivity index (χ1) is 39.2. The molecule has 2 heterocycles. The monoisotopic (exact) mass is 1170 g/mol. The van der Waals surface area contributed by atoms with Crippen molar-refractivity contribution in [2.24, 2.45) is 0 Å². The normalized spacial score (nSPS) is 12.1. The number of rotatable bonds is 50. The molecule has 0 aliphatic carbocycles. The molecule has 32 heteroatoms. The zero-order valence-electron chi connectivity index (χ0n) is 44.5. The van der Waals surface area contributed by atoms with Crippen molar-refractivity contribution in [1.29, 1.82) is 0 Å². The quantitative estimate of drug-likeness (QED) is 0.0171. The van der Waals surface area contributed by atoms with Crippen LogP contribution in [0.1, 0.15) is 36.8 Å². The second kappa shape index (κ2) is 43.1. The summed E-state index contributed by atoms with van der Waals surface area (Å²) in [6.07, 6.45) is 5.57. The van der Waals surface area contributed by atoms with Gasteiger partial charge in [0.2, 0.25) is 35.7 Å². The van der Waals surface area contributed by atoms with Gasteiger partial charge >= 0.3 is 22.7 Å². The van der Waals surface area contributed by atoms with Crippen molar-refractivity contribution >= 4 is 81.9 Å². The highest BCUT2D eigenvalue weighted by atomic mass is 32.2. The molecule has 30 nitrogen and oxygen atoms in total. The number of nitrogens with zero attached hydrogens (tertiary/aromatic N) is 6. The maximum absolute atomic E-state index is 12.1. The number of anilines is 8. The van der Waals surface area contributed by atoms with E-state index < -0.39 is 22.7 Å². The molecule has 0 amide bonds. The van der Waals surface area contributed by atoms with Crippen LogP contribution in [0.25, 0.3) is 12.2 Å². The fraction of sp³-hybridized carbons (Fsp3) is 0.583. The molecule has 2 atom stereocenters. The van der Waals surface area contributed by atoms with E-state index in [0.717, 1.165) is 0 Å². The Morgan fingerprint density at radius 3 is 0.900 bits per heavy atom. The lowest BCUT2D eigenvalue weighted by molar-refractivity contribution is 0.0331. The topological polar surface area (TPSA) is 397 Å². The Morgan fingerprint density at radius 2 is 0.637 bits per heavy atom. The van der Waals surface area contributed by atoms with Gasteiger partial charge in [0, 0.05) is 87.2 Å². The molecular weight excluding hydrogens is 1100 g/mol. The molecule has 0 aliphatic heterocycles. The molecule has 0 bridgehead atoms. The highest BCUT2D eigenvalue weighted by Gasteiger charge is 2.14. The van der Waals surface area contributed by atoms with Gasteiger partial charge in [0.15, 0.2) is 11.5 Å². The predicted octanol–water partition coefficient (Wildman–Crippen LogP) is 2.06. The highest BCUT2D eigenvalue weighted by molar-refractivity contribution is 7.74. The van der Waals surface area contributed by atoms with Gasteiger partial charge < -0.3 is 98.6 Å². The van der Waals surface area contributed by atoms with Crippen molar-refractivity contribution < 1.29 is 84.2 Å². The number of nitrogens with one attached hydrogen (secondary N) is 6. The highest BCUT2D eigenvalue weighted by Crippen LogP contribution is 2.31. The second-order valence-corrected chi connectivity index (χ2v) is 17.4. The molecule has 0 saturated heterocycles. The summed E-state index contributed by atoms with van der Waals surface area (Å²) in [6.45, 7) is 7.26. The zero-order chi connectivity index (χ0) is 57.1.